The van der Waals surface area contributed by atoms with Crippen LogP contribution in [0, 0.1) is 27.9 Å². The maximum Gasteiger partial charge on any atom is 0.271 e. The van der Waals surface area contributed by atoms with Gasteiger partial charge in [-0.1, -0.05) is 131 Å². The zero-order chi connectivity index (χ0) is 40.9. The third kappa shape index (κ3) is 8.29. The van der Waals surface area contributed by atoms with Crippen molar-refractivity contribution in [2.75, 3.05) is 18.1 Å². The van der Waals surface area contributed by atoms with Crippen LogP contribution in [0.25, 0.3) is 6.08 Å². The van der Waals surface area contributed by atoms with Crippen molar-refractivity contribution in [3.63, 3.8) is 0 Å². The number of rotatable bonds is 15. The van der Waals surface area contributed by atoms with Crippen LogP contribution in [0.3, 0.4) is 0 Å². The summed E-state index contributed by atoms with van der Waals surface area (Å²) in [6.07, 6.45) is 3.30. The van der Waals surface area contributed by atoms with Gasteiger partial charge in [-0.3, -0.25) is 19.7 Å². The predicted octanol–water partition coefficient (Wildman–Crippen LogP) is 7.32. The average molecular weight is 789 g/mol. The number of amides is 2. The van der Waals surface area contributed by atoms with Gasteiger partial charge in [-0.15, -0.1) is 0 Å². The lowest BCUT2D eigenvalue weighted by Gasteiger charge is -2.44. The number of hydrogen-bond donors (Lipinski definition) is 3. The molecule has 0 bridgehead atoms. The molecule has 298 valence electrons. The smallest absolute Gasteiger partial charge is 0.271 e. The summed E-state index contributed by atoms with van der Waals surface area (Å²) in [5.74, 6) is -3.68. The monoisotopic (exact) mass is 788 g/mol. The number of fused-ring (bicyclic) bond motifs is 1. The summed E-state index contributed by atoms with van der Waals surface area (Å²) in [5, 5.41) is 47.4. The van der Waals surface area contributed by atoms with E-state index in [0.717, 1.165) is 33.7 Å². The van der Waals surface area contributed by atoms with Gasteiger partial charge in [-0.25, -0.2) is 4.90 Å². The van der Waals surface area contributed by atoms with Gasteiger partial charge in [0.25, 0.3) is 14.0 Å². The van der Waals surface area contributed by atoms with Crippen LogP contribution in [-0.2, 0) is 14.0 Å². The van der Waals surface area contributed by atoms with Gasteiger partial charge in [0.2, 0.25) is 11.8 Å². The molecule has 3 N–H and O–H groups in total. The molecule has 4 aromatic rings. The van der Waals surface area contributed by atoms with Crippen molar-refractivity contribution >= 4 is 48.0 Å². The van der Waals surface area contributed by atoms with E-state index in [1.54, 1.807) is 12.1 Å². The lowest BCUT2D eigenvalue weighted by atomic mass is 9.68. The van der Waals surface area contributed by atoms with Crippen LogP contribution in [0.15, 0.2) is 126 Å². The molecule has 6 rings (SSSR count). The number of anilines is 1. The summed E-state index contributed by atoms with van der Waals surface area (Å²) >= 11 is 0. The summed E-state index contributed by atoms with van der Waals surface area (Å²) in [4.78, 5) is 40.8. The van der Waals surface area contributed by atoms with Crippen LogP contribution in [0.4, 0.5) is 11.4 Å². The van der Waals surface area contributed by atoms with Crippen molar-refractivity contribution in [1.82, 2.24) is 0 Å². The maximum atomic E-state index is 14.3. The molecule has 0 aromatic heterocycles. The van der Waals surface area contributed by atoms with E-state index in [1.807, 2.05) is 54.6 Å². The van der Waals surface area contributed by atoms with Crippen LogP contribution >= 0.6 is 0 Å². The number of nitrogens with zero attached hydrogens (tertiary/aromatic N) is 2. The maximum absolute atomic E-state index is 14.3. The lowest BCUT2D eigenvalue weighted by molar-refractivity contribution is -0.384. The molecule has 1 aliphatic carbocycles. The molecule has 0 spiro atoms. The van der Waals surface area contributed by atoms with Crippen molar-refractivity contribution < 1.29 is 34.3 Å². The highest BCUT2D eigenvalue weighted by Gasteiger charge is 2.56. The highest BCUT2D eigenvalue weighted by molar-refractivity contribution is 6.99. The molecule has 0 radical (unpaired) electrons. The van der Waals surface area contributed by atoms with Gasteiger partial charge in [0, 0.05) is 23.6 Å². The number of carbonyl (C=O) groups is 2. The Labute approximate surface area is 335 Å². The number of carbonyl (C=O) groups excluding carboxylic acids is 2. The molecule has 1 fully saturated rings. The molecule has 1 saturated heterocycles. The number of non-ortho nitro benzene ring substituents is 1. The molecule has 4 atom stereocenters. The highest BCUT2D eigenvalue weighted by atomic mass is 28.4. The minimum Gasteiger partial charge on any atom is -0.507 e. The van der Waals surface area contributed by atoms with Gasteiger partial charge in [-0.05, 0) is 64.4 Å². The SMILES string of the molecule is CCC/C(=C\c1ccccc1O)CC[C@@H](O)C1=C(CO[Si](c2ccccc2)(c2ccccc2)C(C)(C)C)C[C@H]2C(=O)N(c3cccc([N+](=O)[O-])c3)C(=O)[C@H]2[C@H]1CO. The Balaban J connectivity index is 1.44. The van der Waals surface area contributed by atoms with Gasteiger partial charge in [0.05, 0.1) is 41.8 Å². The van der Waals surface area contributed by atoms with E-state index in [2.05, 4.69) is 52.0 Å². The van der Waals surface area contributed by atoms with Crippen LogP contribution in [0.1, 0.15) is 65.4 Å². The number of nitro benzene ring substituents is 1. The number of hydrogen-bond acceptors (Lipinski definition) is 8. The Morgan fingerprint density at radius 2 is 1.56 bits per heavy atom. The van der Waals surface area contributed by atoms with E-state index in [1.165, 1.54) is 24.3 Å². The number of aromatic hydroxyl groups is 1. The molecule has 10 nitrogen and oxygen atoms in total. The van der Waals surface area contributed by atoms with Crippen molar-refractivity contribution in [3.05, 3.63) is 142 Å². The summed E-state index contributed by atoms with van der Waals surface area (Å²) in [5.41, 5.74) is 2.71. The fourth-order valence-corrected chi connectivity index (χ4v) is 13.5. The van der Waals surface area contributed by atoms with Crippen molar-refractivity contribution in [1.29, 1.82) is 0 Å². The van der Waals surface area contributed by atoms with Crippen molar-refractivity contribution in [2.45, 2.75) is 70.9 Å². The Morgan fingerprint density at radius 3 is 2.14 bits per heavy atom. The third-order valence-corrected chi connectivity index (χ3v) is 16.5. The fraction of sp³-hybridized carbons (Fsp3) is 0.348. The zero-order valence-corrected chi connectivity index (χ0v) is 34.0. The van der Waals surface area contributed by atoms with Crippen LogP contribution < -0.4 is 15.3 Å². The molecule has 1 heterocycles. The number of imide groups is 1. The number of aliphatic hydroxyl groups excluding tert-OH is 2. The van der Waals surface area contributed by atoms with E-state index in [0.29, 0.717) is 23.1 Å². The van der Waals surface area contributed by atoms with E-state index >= 15 is 0 Å². The van der Waals surface area contributed by atoms with E-state index in [-0.39, 0.29) is 41.6 Å². The second-order valence-corrected chi connectivity index (χ2v) is 20.4. The highest BCUT2D eigenvalue weighted by Crippen LogP contribution is 2.48. The molecule has 2 aliphatic rings. The van der Waals surface area contributed by atoms with Crippen molar-refractivity contribution in [3.8, 4) is 5.75 Å². The summed E-state index contributed by atoms with van der Waals surface area (Å²) in [6.45, 7) is 8.11. The lowest BCUT2D eigenvalue weighted by Crippen LogP contribution is -2.66. The van der Waals surface area contributed by atoms with Gasteiger partial charge in [0.15, 0.2) is 0 Å². The largest absolute Gasteiger partial charge is 0.507 e. The molecule has 0 unspecified atom stereocenters. The van der Waals surface area contributed by atoms with Gasteiger partial charge in [0.1, 0.15) is 5.75 Å². The molecular formula is C46H52N2O8Si. The first kappa shape index (κ1) is 41.4. The standard InChI is InChI=1S/C46H52N2O8Si/c1-5-15-31(26-32-16-12-13-23-40(32)50)24-25-41(51)42-33(30-56-57(46(2,3)4,36-19-8-6-9-20-36)37-21-10-7-11-22-37)27-38-43(39(42)29-49)45(53)47(44(38)52)34-17-14-18-35(28-34)48(54)55/h6-14,16-23,26,28,38-39,41,43,49-51H,5,15,24-25,27,29-30H2,1-4H3/b31-26+/t38-,39+,41-,43-/m1/s1. The van der Waals surface area contributed by atoms with Crippen LogP contribution in [-0.4, -0.2) is 59.7 Å². The van der Waals surface area contributed by atoms with Crippen molar-refractivity contribution in [2.24, 2.45) is 17.8 Å². The molecule has 1 aliphatic heterocycles. The Morgan fingerprint density at radius 1 is 0.930 bits per heavy atom. The number of allylic oxidation sites excluding steroid dienone is 1. The number of nitro groups is 1. The number of para-hydroxylation sites is 1. The molecule has 57 heavy (non-hydrogen) atoms. The number of benzene rings is 4. The van der Waals surface area contributed by atoms with E-state index in [4.69, 9.17) is 4.43 Å². The summed E-state index contributed by atoms with van der Waals surface area (Å²) in [7, 11) is -3.11. The minimum atomic E-state index is -3.11. The summed E-state index contributed by atoms with van der Waals surface area (Å²) < 4.78 is 7.36. The molecular weight excluding hydrogens is 737 g/mol. The average Bonchev–Trinajstić information content (AvgIpc) is 3.45. The molecule has 2 amide bonds. The first-order chi connectivity index (χ1) is 27.3. The first-order valence-corrected chi connectivity index (χ1v) is 21.6. The van der Waals surface area contributed by atoms with Crippen LogP contribution in [0.5, 0.6) is 5.75 Å². The fourth-order valence-electron chi connectivity index (χ4n) is 8.95. The van der Waals surface area contributed by atoms with Gasteiger partial charge in [-0.2, -0.15) is 0 Å². The second kappa shape index (κ2) is 17.5. The number of phenols is 1. The normalized spacial score (nSPS) is 19.5. The van der Waals surface area contributed by atoms with Crippen LogP contribution in [0.2, 0.25) is 5.04 Å². The molecule has 11 heteroatoms. The Kier molecular flexibility index (Phi) is 12.7. The third-order valence-electron chi connectivity index (χ3n) is 11.5. The van der Waals surface area contributed by atoms with Gasteiger partial charge < -0.3 is 19.7 Å². The van der Waals surface area contributed by atoms with E-state index < -0.39 is 55.5 Å². The van der Waals surface area contributed by atoms with Gasteiger partial charge >= 0.3 is 0 Å². The first-order valence-electron chi connectivity index (χ1n) is 19.7. The predicted molar refractivity (Wildman–Crippen MR) is 225 cm³/mol. The Hall–Kier alpha value is -5.20. The van der Waals surface area contributed by atoms with E-state index in [9.17, 15) is 35.0 Å². The quantitative estimate of drug-likeness (QED) is 0.0373. The summed E-state index contributed by atoms with van der Waals surface area (Å²) in [6, 6.07) is 32.8. The second-order valence-electron chi connectivity index (χ2n) is 16.1. The minimum absolute atomic E-state index is 0.0488. The number of aliphatic hydroxyl groups is 2. The zero-order valence-electron chi connectivity index (χ0n) is 33.0. The topological polar surface area (TPSA) is 150 Å². The number of phenolic OH excluding ortho intramolecular Hbond substituents is 1. The Bertz CT molecular complexity index is 2110. The molecule has 4 aromatic carbocycles. The molecule has 0 saturated carbocycles.